The largest absolute Gasteiger partial charge is 0.352 e. The summed E-state index contributed by atoms with van der Waals surface area (Å²) in [6, 6.07) is 16.2. The summed E-state index contributed by atoms with van der Waals surface area (Å²) in [6.07, 6.45) is 7.86. The number of nitrogens with one attached hydrogen (secondary N) is 1. The molecule has 0 saturated carbocycles. The summed E-state index contributed by atoms with van der Waals surface area (Å²) < 4.78 is 2.41. The fourth-order valence-electron chi connectivity index (χ4n) is 3.68. The van der Waals surface area contributed by atoms with Crippen molar-refractivity contribution in [2.75, 3.05) is 6.54 Å². The molecule has 3 aromatic rings. The van der Waals surface area contributed by atoms with Crippen molar-refractivity contribution in [1.29, 1.82) is 0 Å². The third-order valence-corrected chi connectivity index (χ3v) is 5.40. The minimum atomic E-state index is 0.0164. The molecule has 29 heavy (non-hydrogen) atoms. The van der Waals surface area contributed by atoms with E-state index in [-0.39, 0.29) is 5.91 Å². The Balaban J connectivity index is 1.45. The highest BCUT2D eigenvalue weighted by Gasteiger charge is 2.10. The first-order chi connectivity index (χ1) is 14.2. The van der Waals surface area contributed by atoms with Crippen molar-refractivity contribution in [1.82, 2.24) is 14.9 Å². The van der Waals surface area contributed by atoms with E-state index in [2.05, 4.69) is 41.1 Å². The van der Waals surface area contributed by atoms with Gasteiger partial charge in [-0.1, -0.05) is 56.0 Å². The number of benzene rings is 2. The number of para-hydroxylation sites is 2. The average molecular weight is 392 g/mol. The van der Waals surface area contributed by atoms with E-state index in [1.165, 1.54) is 36.2 Å². The lowest BCUT2D eigenvalue weighted by molar-refractivity contribution is 0.0953. The van der Waals surface area contributed by atoms with Crippen LogP contribution in [0.5, 0.6) is 0 Å². The third-order valence-electron chi connectivity index (χ3n) is 5.40. The summed E-state index contributed by atoms with van der Waals surface area (Å²) in [4.78, 5) is 17.0. The van der Waals surface area contributed by atoms with Crippen LogP contribution < -0.4 is 5.32 Å². The fourth-order valence-corrected chi connectivity index (χ4v) is 3.68. The molecule has 0 radical (unpaired) electrons. The van der Waals surface area contributed by atoms with Gasteiger partial charge in [0.15, 0.2) is 0 Å². The van der Waals surface area contributed by atoms with Gasteiger partial charge < -0.3 is 9.88 Å². The normalized spacial score (nSPS) is 11.1. The van der Waals surface area contributed by atoms with Crippen LogP contribution in [0, 0.1) is 6.92 Å². The van der Waals surface area contributed by atoms with Gasteiger partial charge in [0.1, 0.15) is 5.82 Å². The van der Waals surface area contributed by atoms with Gasteiger partial charge in [-0.25, -0.2) is 4.98 Å². The Morgan fingerprint density at radius 3 is 2.55 bits per heavy atom. The summed E-state index contributed by atoms with van der Waals surface area (Å²) in [5.74, 6) is 1.22. The van der Waals surface area contributed by atoms with Crippen LogP contribution in [0.15, 0.2) is 48.5 Å². The summed E-state index contributed by atoms with van der Waals surface area (Å²) in [7, 11) is 0. The van der Waals surface area contributed by atoms with Crippen LogP contribution in [0.1, 0.15) is 67.2 Å². The number of rotatable bonds is 11. The van der Waals surface area contributed by atoms with E-state index < -0.39 is 0 Å². The molecule has 154 valence electrons. The maximum Gasteiger partial charge on any atom is 0.251 e. The molecule has 0 aliphatic carbocycles. The number of fused-ring (bicyclic) bond motifs is 1. The predicted octanol–water partition coefficient (Wildman–Crippen LogP) is 5.68. The highest BCUT2D eigenvalue weighted by Crippen LogP contribution is 2.19. The quantitative estimate of drug-likeness (QED) is 0.428. The maximum atomic E-state index is 12.2. The van der Waals surface area contributed by atoms with Crippen LogP contribution >= 0.6 is 0 Å². The Hall–Kier alpha value is -2.62. The third kappa shape index (κ3) is 5.93. The topological polar surface area (TPSA) is 46.9 Å². The number of carbonyl (C=O) groups excluding carboxylic acids is 1. The van der Waals surface area contributed by atoms with Crippen LogP contribution in [0.25, 0.3) is 11.0 Å². The summed E-state index contributed by atoms with van der Waals surface area (Å²) in [5.41, 5.74) is 4.26. The first-order valence-electron chi connectivity index (χ1n) is 11.0. The fraction of sp³-hybridized carbons (Fsp3) is 0.440. The molecule has 4 heteroatoms. The van der Waals surface area contributed by atoms with Crippen LogP contribution in [0.4, 0.5) is 0 Å². The molecule has 0 aliphatic heterocycles. The van der Waals surface area contributed by atoms with Crippen molar-refractivity contribution in [2.24, 2.45) is 0 Å². The van der Waals surface area contributed by atoms with Gasteiger partial charge >= 0.3 is 0 Å². The molecule has 1 heterocycles. The molecule has 0 aliphatic rings. The minimum absolute atomic E-state index is 0.0164. The van der Waals surface area contributed by atoms with Gasteiger partial charge in [-0.3, -0.25) is 4.79 Å². The van der Waals surface area contributed by atoms with Gasteiger partial charge in [0.05, 0.1) is 11.0 Å². The molecule has 0 bridgehead atoms. The van der Waals surface area contributed by atoms with E-state index >= 15 is 0 Å². The summed E-state index contributed by atoms with van der Waals surface area (Å²) in [5, 5.41) is 3.02. The van der Waals surface area contributed by atoms with Crippen LogP contribution in [0.3, 0.4) is 0 Å². The number of nitrogens with zero attached hydrogens (tertiary/aromatic N) is 2. The zero-order chi connectivity index (χ0) is 20.5. The van der Waals surface area contributed by atoms with Crippen LogP contribution in [0.2, 0.25) is 0 Å². The molecule has 0 spiro atoms. The maximum absolute atomic E-state index is 12.2. The first-order valence-corrected chi connectivity index (χ1v) is 11.0. The molecular formula is C25H33N3O. The van der Waals surface area contributed by atoms with Crippen LogP contribution in [-0.2, 0) is 13.0 Å². The van der Waals surface area contributed by atoms with Gasteiger partial charge in [0, 0.05) is 25.1 Å². The monoisotopic (exact) mass is 391 g/mol. The second kappa shape index (κ2) is 10.8. The highest BCUT2D eigenvalue weighted by atomic mass is 16.1. The molecular weight excluding hydrogens is 358 g/mol. The van der Waals surface area contributed by atoms with Gasteiger partial charge in [-0.2, -0.15) is 0 Å². The molecule has 1 N–H and O–H groups in total. The number of amides is 1. The van der Waals surface area contributed by atoms with Crippen molar-refractivity contribution >= 4 is 16.9 Å². The zero-order valence-corrected chi connectivity index (χ0v) is 17.8. The van der Waals surface area contributed by atoms with Crippen molar-refractivity contribution < 1.29 is 4.79 Å². The number of aromatic nitrogens is 2. The molecule has 2 aromatic carbocycles. The molecule has 0 atom stereocenters. The molecule has 3 rings (SSSR count). The standard InChI is InChI=1S/C25H33N3O/c1-3-4-10-19-28-23-12-8-7-11-22(23)27-24(28)13-6-5-9-18-26-25(29)21-16-14-20(2)15-17-21/h7-8,11-12,14-17H,3-6,9-10,13,18-19H2,1-2H3,(H,26,29). The summed E-state index contributed by atoms with van der Waals surface area (Å²) >= 11 is 0. The Kier molecular flexibility index (Phi) is 7.85. The highest BCUT2D eigenvalue weighted by molar-refractivity contribution is 5.94. The van der Waals surface area contributed by atoms with Gasteiger partial charge in [-0.05, 0) is 50.5 Å². The Bertz CT molecular complexity index is 911. The number of unbranched alkanes of at least 4 members (excludes halogenated alkanes) is 4. The Labute approximate surface area is 174 Å². The second-order valence-electron chi connectivity index (χ2n) is 7.81. The Morgan fingerprint density at radius 2 is 1.76 bits per heavy atom. The lowest BCUT2D eigenvalue weighted by atomic mass is 10.1. The van der Waals surface area contributed by atoms with E-state index in [9.17, 15) is 4.79 Å². The average Bonchev–Trinajstić information content (AvgIpc) is 3.08. The lowest BCUT2D eigenvalue weighted by Crippen LogP contribution is -2.24. The van der Waals surface area contributed by atoms with E-state index in [0.29, 0.717) is 0 Å². The van der Waals surface area contributed by atoms with Gasteiger partial charge in [-0.15, -0.1) is 0 Å². The number of hydrogen-bond acceptors (Lipinski definition) is 2. The van der Waals surface area contributed by atoms with Crippen LogP contribution in [-0.4, -0.2) is 22.0 Å². The predicted molar refractivity (Wildman–Crippen MR) is 120 cm³/mol. The number of carbonyl (C=O) groups is 1. The molecule has 0 fully saturated rings. The first kappa shape index (κ1) is 21.1. The van der Waals surface area contributed by atoms with Crippen molar-refractivity contribution in [3.05, 3.63) is 65.5 Å². The number of hydrogen-bond donors (Lipinski definition) is 1. The number of aryl methyl sites for hydroxylation is 3. The van der Waals surface area contributed by atoms with Gasteiger partial charge in [0.25, 0.3) is 5.91 Å². The molecule has 1 aromatic heterocycles. The molecule has 0 saturated heterocycles. The SMILES string of the molecule is CCCCCn1c(CCCCCNC(=O)c2ccc(C)cc2)nc2ccccc21. The van der Waals surface area contributed by atoms with Crippen molar-refractivity contribution in [2.45, 2.75) is 65.3 Å². The Morgan fingerprint density at radius 1 is 0.966 bits per heavy atom. The molecule has 4 nitrogen and oxygen atoms in total. The van der Waals surface area contributed by atoms with Crippen molar-refractivity contribution in [3.63, 3.8) is 0 Å². The molecule has 0 unspecified atom stereocenters. The lowest BCUT2D eigenvalue weighted by Gasteiger charge is -2.09. The van der Waals surface area contributed by atoms with E-state index in [1.54, 1.807) is 0 Å². The summed E-state index contributed by atoms with van der Waals surface area (Å²) in [6.45, 7) is 6.04. The number of imidazole rings is 1. The smallest absolute Gasteiger partial charge is 0.251 e. The van der Waals surface area contributed by atoms with E-state index in [4.69, 9.17) is 4.98 Å². The van der Waals surface area contributed by atoms with Gasteiger partial charge in [0.2, 0.25) is 0 Å². The molecule has 1 amide bonds. The van der Waals surface area contributed by atoms with Crippen molar-refractivity contribution in [3.8, 4) is 0 Å². The second-order valence-corrected chi connectivity index (χ2v) is 7.81. The zero-order valence-electron chi connectivity index (χ0n) is 17.8. The van der Waals surface area contributed by atoms with E-state index in [0.717, 1.165) is 49.9 Å². The van der Waals surface area contributed by atoms with E-state index in [1.807, 2.05) is 31.2 Å². The minimum Gasteiger partial charge on any atom is -0.352 e.